The number of anilines is 1. The van der Waals surface area contributed by atoms with Gasteiger partial charge in [-0.25, -0.2) is 4.39 Å². The van der Waals surface area contributed by atoms with Gasteiger partial charge in [0.05, 0.1) is 20.6 Å². The molecule has 0 unspecified atom stereocenters. The van der Waals surface area contributed by atoms with Crippen LogP contribution >= 0.6 is 34.8 Å². The summed E-state index contributed by atoms with van der Waals surface area (Å²) in [5.41, 5.74) is 0.988. The molecule has 0 aliphatic carbocycles. The van der Waals surface area contributed by atoms with Crippen molar-refractivity contribution in [1.29, 1.82) is 0 Å². The van der Waals surface area contributed by atoms with E-state index in [4.69, 9.17) is 39.5 Å². The summed E-state index contributed by atoms with van der Waals surface area (Å²) in [4.78, 5) is 23.6. The van der Waals surface area contributed by atoms with Crippen molar-refractivity contribution in [2.24, 2.45) is 0 Å². The fourth-order valence-electron chi connectivity index (χ4n) is 2.45. The molecule has 0 fully saturated rings. The Morgan fingerprint density at radius 2 is 1.80 bits per heavy atom. The Morgan fingerprint density at radius 3 is 2.56 bits per heavy atom. The summed E-state index contributed by atoms with van der Waals surface area (Å²) >= 11 is 17.7. The lowest BCUT2D eigenvalue weighted by atomic mass is 9.98. The molecule has 4 nitrogen and oxygen atoms in total. The molecule has 2 aromatic carbocycles. The Bertz CT molecular complexity index is 886. The fourth-order valence-corrected chi connectivity index (χ4v) is 3.04. The highest BCUT2D eigenvalue weighted by Crippen LogP contribution is 2.34. The van der Waals surface area contributed by atoms with Crippen LogP contribution in [0.15, 0.2) is 24.3 Å². The summed E-state index contributed by atoms with van der Waals surface area (Å²) < 4.78 is 19.5. The third-order valence-corrected chi connectivity index (χ3v) is 4.74. The summed E-state index contributed by atoms with van der Waals surface area (Å²) in [6.07, 6.45) is 0.739. The van der Waals surface area contributed by atoms with Crippen LogP contribution in [0, 0.1) is 5.82 Å². The molecule has 1 heterocycles. The largest absolute Gasteiger partial charge is 0.484 e. The van der Waals surface area contributed by atoms with Gasteiger partial charge < -0.3 is 10.1 Å². The maximum absolute atomic E-state index is 14.2. The van der Waals surface area contributed by atoms with Crippen LogP contribution in [-0.4, -0.2) is 18.3 Å². The fraction of sp³-hybridized carbons (Fsp3) is 0.176. The molecule has 0 radical (unpaired) electrons. The molecular weight excluding hydrogens is 392 g/mol. The number of amides is 1. The molecule has 3 rings (SSSR count). The number of rotatable bonds is 4. The van der Waals surface area contributed by atoms with Gasteiger partial charge in [-0.15, -0.1) is 0 Å². The molecule has 0 saturated heterocycles. The SMILES string of the molecule is O=C1CCc2cc(C(=O)COc3cc(Cl)c(Cl)cc3Cl)c(F)cc2N1. The van der Waals surface area contributed by atoms with Crippen LogP contribution in [0.3, 0.4) is 0 Å². The molecule has 0 bridgehead atoms. The number of ether oxygens (including phenoxy) is 1. The molecule has 130 valence electrons. The molecule has 0 aromatic heterocycles. The highest BCUT2D eigenvalue weighted by molar-refractivity contribution is 6.43. The second-order valence-electron chi connectivity index (χ2n) is 5.45. The number of Topliss-reactive ketones (excluding diaryl/α,β-unsaturated/α-hetero) is 1. The van der Waals surface area contributed by atoms with Gasteiger partial charge >= 0.3 is 0 Å². The van der Waals surface area contributed by atoms with Crippen LogP contribution < -0.4 is 10.1 Å². The Balaban J connectivity index is 1.78. The Kier molecular flexibility index (Phi) is 5.18. The first-order chi connectivity index (χ1) is 11.8. The van der Waals surface area contributed by atoms with E-state index in [-0.39, 0.29) is 32.3 Å². The topological polar surface area (TPSA) is 55.4 Å². The number of fused-ring (bicyclic) bond motifs is 1. The zero-order valence-corrected chi connectivity index (χ0v) is 14.9. The van der Waals surface area contributed by atoms with Crippen LogP contribution in [0.4, 0.5) is 10.1 Å². The third-order valence-electron chi connectivity index (χ3n) is 3.72. The minimum Gasteiger partial charge on any atom is -0.484 e. The van der Waals surface area contributed by atoms with Gasteiger partial charge in [0.25, 0.3) is 0 Å². The standard InChI is InChI=1S/C17H11Cl3FNO3/c18-10-4-12(20)16(5-11(10)19)25-7-15(23)9-3-8-1-2-17(24)22-14(8)6-13(9)21/h3-6H,1-2,7H2,(H,22,24). The van der Waals surface area contributed by atoms with Crippen molar-refractivity contribution in [1.82, 2.24) is 0 Å². The Hall–Kier alpha value is -1.82. The van der Waals surface area contributed by atoms with Gasteiger partial charge in [-0.1, -0.05) is 34.8 Å². The van der Waals surface area contributed by atoms with E-state index in [1.165, 1.54) is 18.2 Å². The van der Waals surface area contributed by atoms with Gasteiger partial charge in [0.2, 0.25) is 11.7 Å². The molecule has 0 saturated carbocycles. The first-order valence-electron chi connectivity index (χ1n) is 7.28. The predicted molar refractivity (Wildman–Crippen MR) is 94.6 cm³/mol. The number of ketones is 1. The lowest BCUT2D eigenvalue weighted by molar-refractivity contribution is -0.116. The quantitative estimate of drug-likeness (QED) is 0.582. The number of halogens is 4. The zero-order valence-electron chi connectivity index (χ0n) is 12.7. The highest BCUT2D eigenvalue weighted by atomic mass is 35.5. The smallest absolute Gasteiger partial charge is 0.224 e. The zero-order chi connectivity index (χ0) is 18.1. The third kappa shape index (κ3) is 3.89. The number of benzene rings is 2. The molecule has 2 aromatic rings. The predicted octanol–water partition coefficient (Wildman–Crippen LogP) is 4.93. The van der Waals surface area contributed by atoms with Gasteiger partial charge in [0.15, 0.2) is 6.61 Å². The van der Waals surface area contributed by atoms with E-state index < -0.39 is 18.2 Å². The molecule has 1 amide bonds. The molecule has 1 aliphatic heterocycles. The van der Waals surface area contributed by atoms with E-state index in [2.05, 4.69) is 5.32 Å². The van der Waals surface area contributed by atoms with E-state index >= 15 is 0 Å². The summed E-state index contributed by atoms with van der Waals surface area (Å²) in [7, 11) is 0. The first kappa shape index (κ1) is 18.0. The number of aryl methyl sites for hydroxylation is 1. The lowest BCUT2D eigenvalue weighted by Gasteiger charge is -2.18. The van der Waals surface area contributed by atoms with Crippen LogP contribution in [0.5, 0.6) is 5.75 Å². The number of hydrogen-bond donors (Lipinski definition) is 1. The van der Waals surface area contributed by atoms with E-state index in [1.807, 2.05) is 0 Å². The average molecular weight is 403 g/mol. The number of carbonyl (C=O) groups is 2. The lowest BCUT2D eigenvalue weighted by Crippen LogP contribution is -2.21. The van der Waals surface area contributed by atoms with Crippen LogP contribution in [0.1, 0.15) is 22.3 Å². The summed E-state index contributed by atoms with van der Waals surface area (Å²) in [5, 5.41) is 3.25. The summed E-state index contributed by atoms with van der Waals surface area (Å²) in [6.45, 7) is -0.417. The van der Waals surface area contributed by atoms with Crippen LogP contribution in [0.2, 0.25) is 15.1 Å². The van der Waals surface area contributed by atoms with E-state index in [0.717, 1.165) is 6.07 Å². The maximum atomic E-state index is 14.2. The Morgan fingerprint density at radius 1 is 1.08 bits per heavy atom. The first-order valence-corrected chi connectivity index (χ1v) is 8.41. The van der Waals surface area contributed by atoms with Crippen molar-refractivity contribution in [3.8, 4) is 5.75 Å². The molecular formula is C17H11Cl3FNO3. The molecule has 1 N–H and O–H groups in total. The average Bonchev–Trinajstić information content (AvgIpc) is 2.56. The second kappa shape index (κ2) is 7.20. The van der Waals surface area contributed by atoms with E-state index in [1.54, 1.807) is 0 Å². The van der Waals surface area contributed by atoms with Crippen LogP contribution in [-0.2, 0) is 11.2 Å². The van der Waals surface area contributed by atoms with Gasteiger partial charge in [0.1, 0.15) is 11.6 Å². The van der Waals surface area contributed by atoms with Gasteiger partial charge in [-0.05, 0) is 30.2 Å². The number of nitrogens with one attached hydrogen (secondary N) is 1. The molecule has 8 heteroatoms. The Labute approximate surface area is 157 Å². The van der Waals surface area contributed by atoms with Crippen molar-refractivity contribution in [2.45, 2.75) is 12.8 Å². The van der Waals surface area contributed by atoms with Crippen LogP contribution in [0.25, 0.3) is 0 Å². The van der Waals surface area contributed by atoms with Gasteiger partial charge in [-0.3, -0.25) is 9.59 Å². The maximum Gasteiger partial charge on any atom is 0.224 e. The minimum absolute atomic E-state index is 0.105. The van der Waals surface area contributed by atoms with Crippen molar-refractivity contribution in [2.75, 3.05) is 11.9 Å². The second-order valence-corrected chi connectivity index (χ2v) is 6.67. The normalized spacial score (nSPS) is 13.2. The molecule has 0 atom stereocenters. The van der Waals surface area contributed by atoms with E-state index in [9.17, 15) is 14.0 Å². The number of hydrogen-bond acceptors (Lipinski definition) is 3. The molecule has 1 aliphatic rings. The molecule has 0 spiro atoms. The van der Waals surface area contributed by atoms with Crippen molar-refractivity contribution in [3.05, 3.63) is 56.3 Å². The summed E-state index contributed by atoms with van der Waals surface area (Å²) in [5.74, 6) is -1.28. The van der Waals surface area contributed by atoms with E-state index in [0.29, 0.717) is 24.1 Å². The van der Waals surface area contributed by atoms with Gasteiger partial charge in [0, 0.05) is 18.2 Å². The van der Waals surface area contributed by atoms with Gasteiger partial charge in [-0.2, -0.15) is 0 Å². The monoisotopic (exact) mass is 401 g/mol. The number of carbonyl (C=O) groups excluding carboxylic acids is 2. The van der Waals surface area contributed by atoms with Crippen molar-refractivity contribution < 1.29 is 18.7 Å². The van der Waals surface area contributed by atoms with Crippen molar-refractivity contribution >= 4 is 52.2 Å². The summed E-state index contributed by atoms with van der Waals surface area (Å²) in [6, 6.07) is 5.36. The highest BCUT2D eigenvalue weighted by Gasteiger charge is 2.21. The molecule has 25 heavy (non-hydrogen) atoms. The van der Waals surface area contributed by atoms with Crippen molar-refractivity contribution in [3.63, 3.8) is 0 Å². The minimum atomic E-state index is -0.727.